The summed E-state index contributed by atoms with van der Waals surface area (Å²) in [6.07, 6.45) is 0. The molecule has 1 spiro atoms. The molecule has 12 aromatic rings. The van der Waals surface area contributed by atoms with Gasteiger partial charge in [-0.2, -0.15) is 0 Å². The normalized spacial score (nSPS) is 13.2. The van der Waals surface area contributed by atoms with Crippen molar-refractivity contribution >= 4 is 60.9 Å². The first-order valence-corrected chi connectivity index (χ1v) is 22.2. The van der Waals surface area contributed by atoms with E-state index in [9.17, 15) is 0 Å². The lowest BCUT2D eigenvalue weighted by Gasteiger charge is -2.39. The van der Waals surface area contributed by atoms with Gasteiger partial charge in [-0.1, -0.05) is 158 Å². The standard InChI is InChI=1S/C61H37NO3/c1-4-21-49-44(16-1)48-37-40(32-35-50(48)61(49)51-22-5-9-27-56(51)64-57-28-10-6-23-52(57)61)39-14-11-15-42(36-39)62(53-24-12-20-46-45-17-2-7-25-54(45)65-60(46)53)41-33-30-38(31-34-41)43-19-13-29-58-59(43)47-18-3-8-26-55(47)63-58/h1-37H. The maximum Gasteiger partial charge on any atom is 0.159 e. The maximum atomic E-state index is 6.72. The van der Waals surface area contributed by atoms with Gasteiger partial charge in [0.2, 0.25) is 0 Å². The third kappa shape index (κ3) is 5.13. The van der Waals surface area contributed by atoms with Gasteiger partial charge in [0, 0.05) is 44.0 Å². The summed E-state index contributed by atoms with van der Waals surface area (Å²) in [6.45, 7) is 0. The average molecular weight is 832 g/mol. The number of para-hydroxylation sites is 5. The Hall–Kier alpha value is -8.60. The van der Waals surface area contributed by atoms with Crippen LogP contribution < -0.4 is 9.64 Å². The molecule has 1 aliphatic carbocycles. The van der Waals surface area contributed by atoms with Crippen LogP contribution in [0, 0.1) is 0 Å². The van der Waals surface area contributed by atoms with Crippen LogP contribution in [0.4, 0.5) is 17.1 Å². The molecule has 0 atom stereocenters. The Bertz CT molecular complexity index is 3850. The zero-order valence-electron chi connectivity index (χ0n) is 35.0. The van der Waals surface area contributed by atoms with Gasteiger partial charge in [0.25, 0.3) is 0 Å². The van der Waals surface area contributed by atoms with Crippen LogP contribution in [0.5, 0.6) is 11.5 Å². The molecule has 10 aromatic carbocycles. The van der Waals surface area contributed by atoms with Gasteiger partial charge in [0.1, 0.15) is 28.2 Å². The number of benzene rings is 10. The van der Waals surface area contributed by atoms with Gasteiger partial charge >= 0.3 is 0 Å². The minimum atomic E-state index is -0.512. The minimum absolute atomic E-state index is 0.512. The SMILES string of the molecule is c1cc(-c2ccc3c(c2)-c2ccccc2C32c3ccccc3Oc3ccccc32)cc(N(c2ccc(-c3cccc4oc5ccccc5c34)cc2)c2cccc3c2oc2ccccc23)c1. The quantitative estimate of drug-likeness (QED) is 0.173. The number of fused-ring (bicyclic) bond motifs is 15. The number of ether oxygens (including phenoxy) is 1. The van der Waals surface area contributed by atoms with Crippen molar-refractivity contribution in [2.75, 3.05) is 4.90 Å². The van der Waals surface area contributed by atoms with E-state index in [2.05, 4.69) is 205 Å². The largest absolute Gasteiger partial charge is 0.457 e. The molecule has 304 valence electrons. The molecule has 0 saturated carbocycles. The molecule has 2 aliphatic rings. The van der Waals surface area contributed by atoms with E-state index in [0.717, 1.165) is 106 Å². The number of anilines is 3. The smallest absolute Gasteiger partial charge is 0.159 e. The molecule has 0 amide bonds. The van der Waals surface area contributed by atoms with Gasteiger partial charge in [0.15, 0.2) is 5.58 Å². The maximum absolute atomic E-state index is 6.72. The Kier molecular flexibility index (Phi) is 7.57. The predicted molar refractivity (Wildman–Crippen MR) is 264 cm³/mol. The second kappa shape index (κ2) is 13.7. The lowest BCUT2D eigenvalue weighted by atomic mass is 9.66. The molecule has 4 nitrogen and oxygen atoms in total. The van der Waals surface area contributed by atoms with Crippen molar-refractivity contribution in [2.45, 2.75) is 5.41 Å². The molecule has 0 bridgehead atoms. The zero-order chi connectivity index (χ0) is 42.6. The van der Waals surface area contributed by atoms with Gasteiger partial charge < -0.3 is 18.5 Å². The van der Waals surface area contributed by atoms with Crippen molar-refractivity contribution in [1.82, 2.24) is 0 Å². The van der Waals surface area contributed by atoms with E-state index in [0.29, 0.717) is 0 Å². The van der Waals surface area contributed by atoms with Gasteiger partial charge in [-0.25, -0.2) is 0 Å². The van der Waals surface area contributed by atoms with E-state index in [-0.39, 0.29) is 0 Å². The monoisotopic (exact) mass is 831 g/mol. The minimum Gasteiger partial charge on any atom is -0.457 e. The Balaban J connectivity index is 0.935. The van der Waals surface area contributed by atoms with Crippen molar-refractivity contribution in [3.8, 4) is 44.9 Å². The van der Waals surface area contributed by atoms with E-state index in [1.54, 1.807) is 0 Å². The fourth-order valence-electron chi connectivity index (χ4n) is 11.0. The predicted octanol–water partition coefficient (Wildman–Crippen LogP) is 16.8. The molecule has 1 aliphatic heterocycles. The van der Waals surface area contributed by atoms with Crippen molar-refractivity contribution in [3.05, 3.63) is 247 Å². The molecule has 0 saturated heterocycles. The van der Waals surface area contributed by atoms with E-state index in [1.807, 2.05) is 24.3 Å². The van der Waals surface area contributed by atoms with Crippen LogP contribution in [-0.4, -0.2) is 0 Å². The van der Waals surface area contributed by atoms with Crippen LogP contribution >= 0.6 is 0 Å². The van der Waals surface area contributed by atoms with Gasteiger partial charge in [-0.15, -0.1) is 0 Å². The first kappa shape index (κ1) is 35.9. The molecule has 0 fully saturated rings. The van der Waals surface area contributed by atoms with Crippen molar-refractivity contribution < 1.29 is 13.6 Å². The van der Waals surface area contributed by atoms with Crippen molar-refractivity contribution in [2.24, 2.45) is 0 Å². The van der Waals surface area contributed by atoms with Gasteiger partial charge in [-0.3, -0.25) is 0 Å². The summed E-state index contributed by atoms with van der Waals surface area (Å²) in [6, 6.07) is 80.1. The number of rotatable bonds is 5. The van der Waals surface area contributed by atoms with E-state index in [1.165, 1.54) is 22.3 Å². The molecule has 4 heteroatoms. The van der Waals surface area contributed by atoms with E-state index >= 15 is 0 Å². The van der Waals surface area contributed by atoms with Crippen LogP contribution in [0.15, 0.2) is 233 Å². The van der Waals surface area contributed by atoms with Crippen LogP contribution in [0.25, 0.3) is 77.3 Å². The average Bonchev–Trinajstić information content (AvgIpc) is 4.04. The van der Waals surface area contributed by atoms with Crippen LogP contribution in [0.2, 0.25) is 0 Å². The summed E-state index contributed by atoms with van der Waals surface area (Å²) in [4.78, 5) is 2.33. The third-order valence-electron chi connectivity index (χ3n) is 13.7. The molecule has 3 heterocycles. The van der Waals surface area contributed by atoms with Gasteiger partial charge in [-0.05, 0) is 111 Å². The summed E-state index contributed by atoms with van der Waals surface area (Å²) >= 11 is 0. The van der Waals surface area contributed by atoms with Gasteiger partial charge in [0.05, 0.1) is 11.1 Å². The Morgan fingerprint density at radius 2 is 0.923 bits per heavy atom. The van der Waals surface area contributed by atoms with Crippen LogP contribution in [-0.2, 0) is 5.41 Å². The molecule has 0 N–H and O–H groups in total. The second-order valence-corrected chi connectivity index (χ2v) is 17.1. The third-order valence-corrected chi connectivity index (χ3v) is 13.7. The lowest BCUT2D eigenvalue weighted by molar-refractivity contribution is 0.436. The van der Waals surface area contributed by atoms with Crippen LogP contribution in [0.1, 0.15) is 22.3 Å². The molecular weight excluding hydrogens is 795 g/mol. The highest BCUT2D eigenvalue weighted by molar-refractivity contribution is 6.13. The number of hydrogen-bond acceptors (Lipinski definition) is 4. The highest BCUT2D eigenvalue weighted by Crippen LogP contribution is 2.62. The molecule has 0 unspecified atom stereocenters. The lowest BCUT2D eigenvalue weighted by Crippen LogP contribution is -2.32. The molecule has 14 rings (SSSR count). The van der Waals surface area contributed by atoms with Crippen LogP contribution in [0.3, 0.4) is 0 Å². The Labute approximate surface area is 374 Å². The number of nitrogens with zero attached hydrogens (tertiary/aromatic N) is 1. The number of furan rings is 2. The fourth-order valence-corrected chi connectivity index (χ4v) is 11.0. The number of hydrogen-bond donors (Lipinski definition) is 0. The zero-order valence-corrected chi connectivity index (χ0v) is 35.0. The van der Waals surface area contributed by atoms with Crippen molar-refractivity contribution in [1.29, 1.82) is 0 Å². The summed E-state index contributed by atoms with van der Waals surface area (Å²) in [5, 5.41) is 4.42. The fraction of sp³-hybridized carbons (Fsp3) is 0.0164. The topological polar surface area (TPSA) is 38.8 Å². The Morgan fingerprint density at radius 3 is 1.74 bits per heavy atom. The molecule has 65 heavy (non-hydrogen) atoms. The molecular formula is C61H37NO3. The molecule has 0 radical (unpaired) electrons. The second-order valence-electron chi connectivity index (χ2n) is 17.1. The summed E-state index contributed by atoms with van der Waals surface area (Å²) in [5.41, 5.74) is 17.8. The van der Waals surface area contributed by atoms with E-state index in [4.69, 9.17) is 13.6 Å². The highest BCUT2D eigenvalue weighted by Gasteiger charge is 2.51. The summed E-state index contributed by atoms with van der Waals surface area (Å²) in [5.74, 6) is 1.79. The highest BCUT2D eigenvalue weighted by atomic mass is 16.5. The molecule has 2 aromatic heterocycles. The summed E-state index contributed by atoms with van der Waals surface area (Å²) in [7, 11) is 0. The Morgan fingerprint density at radius 1 is 0.338 bits per heavy atom. The summed E-state index contributed by atoms with van der Waals surface area (Å²) < 4.78 is 19.6. The van der Waals surface area contributed by atoms with E-state index < -0.39 is 5.41 Å². The first-order chi connectivity index (χ1) is 32.2. The van der Waals surface area contributed by atoms with Crippen molar-refractivity contribution in [3.63, 3.8) is 0 Å². The first-order valence-electron chi connectivity index (χ1n) is 22.2.